The van der Waals surface area contributed by atoms with E-state index in [4.69, 9.17) is 23.2 Å². The first kappa shape index (κ1) is 21.7. The zero-order chi connectivity index (χ0) is 22.7. The molecule has 0 bridgehead atoms. The van der Waals surface area contributed by atoms with Crippen molar-refractivity contribution < 1.29 is 18.3 Å². The minimum Gasteiger partial charge on any atom is -0.435 e. The highest BCUT2D eigenvalue weighted by atomic mass is 35.5. The number of anilines is 1. The van der Waals surface area contributed by atoms with Crippen LogP contribution in [0.5, 0.6) is 5.75 Å². The van der Waals surface area contributed by atoms with Crippen LogP contribution in [0.2, 0.25) is 10.0 Å². The van der Waals surface area contributed by atoms with E-state index in [1.54, 1.807) is 24.3 Å². The van der Waals surface area contributed by atoms with Crippen molar-refractivity contribution in [2.75, 3.05) is 5.32 Å². The van der Waals surface area contributed by atoms with Gasteiger partial charge in [0.15, 0.2) is 0 Å². The SMILES string of the molecule is O=C(Nc1ncn(Cc2ccc(Cl)c(Cl)c2)n1)c1cc(-c2ccc(OC(F)F)cc2)n[nH]1. The molecule has 0 saturated carbocycles. The highest BCUT2D eigenvalue weighted by Gasteiger charge is 2.14. The molecular formula is C20H14Cl2F2N6O2. The van der Waals surface area contributed by atoms with Gasteiger partial charge in [-0.25, -0.2) is 9.67 Å². The fourth-order valence-corrected chi connectivity index (χ4v) is 3.14. The minimum atomic E-state index is -2.90. The highest BCUT2D eigenvalue weighted by molar-refractivity contribution is 6.42. The summed E-state index contributed by atoms with van der Waals surface area (Å²) < 4.78 is 30.4. The van der Waals surface area contributed by atoms with Crippen LogP contribution in [0.3, 0.4) is 0 Å². The van der Waals surface area contributed by atoms with E-state index in [-0.39, 0.29) is 17.4 Å². The Morgan fingerprint density at radius 3 is 2.62 bits per heavy atom. The number of aromatic amines is 1. The Bertz CT molecular complexity index is 1240. The first-order valence-electron chi connectivity index (χ1n) is 9.13. The summed E-state index contributed by atoms with van der Waals surface area (Å²) >= 11 is 11.9. The second-order valence-electron chi connectivity index (χ2n) is 6.54. The summed E-state index contributed by atoms with van der Waals surface area (Å²) in [6.45, 7) is -2.51. The molecule has 0 aliphatic rings. The van der Waals surface area contributed by atoms with Gasteiger partial charge in [-0.05, 0) is 48.0 Å². The third-order valence-corrected chi connectivity index (χ3v) is 5.03. The van der Waals surface area contributed by atoms with Gasteiger partial charge in [0.1, 0.15) is 17.8 Å². The molecule has 0 atom stereocenters. The van der Waals surface area contributed by atoms with Crippen LogP contribution in [-0.4, -0.2) is 37.5 Å². The molecule has 2 aromatic heterocycles. The molecule has 0 fully saturated rings. The Balaban J connectivity index is 1.39. The quantitative estimate of drug-likeness (QED) is 0.394. The number of rotatable bonds is 7. The fourth-order valence-electron chi connectivity index (χ4n) is 2.82. The van der Waals surface area contributed by atoms with Gasteiger partial charge in [-0.2, -0.15) is 13.9 Å². The average Bonchev–Trinajstić information content (AvgIpc) is 3.41. The zero-order valence-electron chi connectivity index (χ0n) is 16.1. The van der Waals surface area contributed by atoms with Crippen molar-refractivity contribution in [2.45, 2.75) is 13.2 Å². The first-order valence-corrected chi connectivity index (χ1v) is 9.88. The number of amides is 1. The predicted octanol–water partition coefficient (Wildman–Crippen LogP) is 4.88. The number of alkyl halides is 2. The maximum absolute atomic E-state index is 12.5. The third kappa shape index (κ3) is 5.21. The van der Waals surface area contributed by atoms with Gasteiger partial charge < -0.3 is 4.74 Å². The minimum absolute atomic E-state index is 0.0276. The van der Waals surface area contributed by atoms with Crippen LogP contribution in [0, 0.1) is 0 Å². The predicted molar refractivity (Wildman–Crippen MR) is 114 cm³/mol. The van der Waals surface area contributed by atoms with Crippen molar-refractivity contribution in [3.05, 3.63) is 76.2 Å². The summed E-state index contributed by atoms with van der Waals surface area (Å²) in [5.74, 6) is -0.354. The van der Waals surface area contributed by atoms with Crippen molar-refractivity contribution in [3.8, 4) is 17.0 Å². The highest BCUT2D eigenvalue weighted by Crippen LogP contribution is 2.24. The number of carbonyl (C=O) groups is 1. The molecule has 0 aliphatic carbocycles. The standard InChI is InChI=1S/C20H14Cl2F2N6O2/c21-14-6-1-11(7-15(14)22)9-30-10-25-20(29-30)26-18(31)17-8-16(27-28-17)12-2-4-13(5-3-12)32-19(23)24/h1-8,10,19H,9H2,(H,27,28)(H,26,29,31). The summed E-state index contributed by atoms with van der Waals surface area (Å²) in [5.41, 5.74) is 2.11. The van der Waals surface area contributed by atoms with Gasteiger partial charge in [-0.3, -0.25) is 15.2 Å². The van der Waals surface area contributed by atoms with Crippen molar-refractivity contribution in [1.29, 1.82) is 0 Å². The summed E-state index contributed by atoms with van der Waals surface area (Å²) in [7, 11) is 0. The monoisotopic (exact) mass is 478 g/mol. The molecule has 164 valence electrons. The summed E-state index contributed by atoms with van der Waals surface area (Å²) in [6, 6.07) is 12.6. The number of hydrogen-bond donors (Lipinski definition) is 2. The van der Waals surface area contributed by atoms with Crippen LogP contribution in [0.1, 0.15) is 16.1 Å². The number of ether oxygens (including phenoxy) is 1. The molecule has 8 nitrogen and oxygen atoms in total. The number of halogens is 4. The smallest absolute Gasteiger partial charge is 0.387 e. The van der Waals surface area contributed by atoms with Crippen molar-refractivity contribution in [2.24, 2.45) is 0 Å². The van der Waals surface area contributed by atoms with E-state index in [1.807, 2.05) is 6.07 Å². The molecule has 0 radical (unpaired) electrons. The van der Waals surface area contributed by atoms with Crippen LogP contribution in [0.4, 0.5) is 14.7 Å². The fraction of sp³-hybridized carbons (Fsp3) is 0.100. The van der Waals surface area contributed by atoms with Crippen LogP contribution in [0.15, 0.2) is 54.9 Å². The lowest BCUT2D eigenvalue weighted by atomic mass is 10.1. The molecule has 1 amide bonds. The lowest BCUT2D eigenvalue weighted by Gasteiger charge is -2.04. The molecule has 0 saturated heterocycles. The van der Waals surface area contributed by atoms with Crippen molar-refractivity contribution in [3.63, 3.8) is 0 Å². The van der Waals surface area contributed by atoms with Gasteiger partial charge in [-0.15, -0.1) is 5.10 Å². The third-order valence-electron chi connectivity index (χ3n) is 4.29. The number of nitrogens with zero attached hydrogens (tertiary/aromatic N) is 4. The molecule has 0 spiro atoms. The lowest BCUT2D eigenvalue weighted by molar-refractivity contribution is -0.0498. The van der Waals surface area contributed by atoms with Crippen LogP contribution >= 0.6 is 23.2 Å². The largest absolute Gasteiger partial charge is 0.435 e. The van der Waals surface area contributed by atoms with E-state index in [1.165, 1.54) is 29.2 Å². The number of H-pyrrole nitrogens is 1. The Labute approximate surface area is 190 Å². The average molecular weight is 479 g/mol. The van der Waals surface area contributed by atoms with Gasteiger partial charge in [0, 0.05) is 5.56 Å². The molecular weight excluding hydrogens is 465 g/mol. The van der Waals surface area contributed by atoms with Crippen LogP contribution in [0.25, 0.3) is 11.3 Å². The van der Waals surface area contributed by atoms with E-state index in [0.29, 0.717) is 27.8 Å². The van der Waals surface area contributed by atoms with Crippen molar-refractivity contribution >= 4 is 35.1 Å². The maximum atomic E-state index is 12.5. The van der Waals surface area contributed by atoms with Crippen LogP contribution in [-0.2, 0) is 6.54 Å². The summed E-state index contributed by atoms with van der Waals surface area (Å²) in [5, 5.41) is 14.4. The molecule has 32 heavy (non-hydrogen) atoms. The van der Waals surface area contributed by atoms with E-state index in [9.17, 15) is 13.6 Å². The van der Waals surface area contributed by atoms with Gasteiger partial charge in [0.05, 0.1) is 22.3 Å². The number of hydrogen-bond acceptors (Lipinski definition) is 5. The topological polar surface area (TPSA) is 97.7 Å². The molecule has 4 rings (SSSR count). The van der Waals surface area contributed by atoms with Gasteiger partial charge >= 0.3 is 6.61 Å². The molecule has 4 aromatic rings. The molecule has 2 aromatic carbocycles. The number of carbonyl (C=O) groups excluding carboxylic acids is 1. The van der Waals surface area contributed by atoms with Gasteiger partial charge in [0.2, 0.25) is 5.95 Å². The number of aromatic nitrogens is 5. The summed E-state index contributed by atoms with van der Waals surface area (Å²) in [6.07, 6.45) is 1.47. The lowest BCUT2D eigenvalue weighted by Crippen LogP contribution is -2.14. The first-order chi connectivity index (χ1) is 15.4. The van der Waals surface area contributed by atoms with Gasteiger partial charge in [0.25, 0.3) is 5.91 Å². The Morgan fingerprint density at radius 2 is 1.91 bits per heavy atom. The normalized spacial score (nSPS) is 11.0. The summed E-state index contributed by atoms with van der Waals surface area (Å²) in [4.78, 5) is 16.5. The molecule has 12 heteroatoms. The second kappa shape index (κ2) is 9.33. The van der Waals surface area contributed by atoms with Crippen molar-refractivity contribution in [1.82, 2.24) is 25.0 Å². The van der Waals surface area contributed by atoms with E-state index in [0.717, 1.165) is 5.56 Å². The molecule has 2 heterocycles. The van der Waals surface area contributed by atoms with E-state index < -0.39 is 12.5 Å². The van der Waals surface area contributed by atoms with E-state index in [2.05, 4.69) is 30.3 Å². The molecule has 2 N–H and O–H groups in total. The maximum Gasteiger partial charge on any atom is 0.387 e. The second-order valence-corrected chi connectivity index (χ2v) is 7.35. The van der Waals surface area contributed by atoms with Crippen LogP contribution < -0.4 is 10.1 Å². The Morgan fingerprint density at radius 1 is 1.12 bits per heavy atom. The Hall–Kier alpha value is -3.50. The van der Waals surface area contributed by atoms with Gasteiger partial charge in [-0.1, -0.05) is 29.3 Å². The van der Waals surface area contributed by atoms with E-state index >= 15 is 0 Å². The molecule has 0 aliphatic heterocycles. The molecule has 0 unspecified atom stereocenters. The zero-order valence-corrected chi connectivity index (χ0v) is 17.6. The Kier molecular flexibility index (Phi) is 6.33. The number of benzene rings is 2. The number of nitrogens with one attached hydrogen (secondary N) is 2.